The number of hydrogen-bond acceptors (Lipinski definition) is 14. The second kappa shape index (κ2) is 14.7. The third kappa shape index (κ3) is 9.52. The molecule has 1 aliphatic rings. The Bertz CT molecular complexity index is 848. The molecule has 0 unspecified atom stereocenters. The third-order valence-electron chi connectivity index (χ3n) is 4.37. The molecule has 0 amide bonds. The maximum absolute atomic E-state index is 12.3. The van der Waals surface area contributed by atoms with Crippen molar-refractivity contribution in [2.75, 3.05) is 19.8 Å². The van der Waals surface area contributed by atoms with Crippen LogP contribution in [0, 0.1) is 0 Å². The zero-order chi connectivity index (χ0) is 27.4. The molecule has 1 N–H and O–H groups in total. The summed E-state index contributed by atoms with van der Waals surface area (Å²) >= 11 is 0. The smallest absolute Gasteiger partial charge is 0.347 e. The molecule has 14 heteroatoms. The van der Waals surface area contributed by atoms with Crippen LogP contribution < -0.4 is 5.32 Å². The predicted molar refractivity (Wildman–Crippen MR) is 116 cm³/mol. The Kier molecular flexibility index (Phi) is 12.4. The maximum atomic E-state index is 12.3. The maximum Gasteiger partial charge on any atom is 0.347 e. The molecule has 5 atom stereocenters. The van der Waals surface area contributed by atoms with Gasteiger partial charge in [0, 0.05) is 33.9 Å². The molecule has 1 saturated heterocycles. The first-order chi connectivity index (χ1) is 16.9. The van der Waals surface area contributed by atoms with Crippen LogP contribution in [0.5, 0.6) is 0 Å². The van der Waals surface area contributed by atoms with E-state index >= 15 is 0 Å². The highest BCUT2D eigenvalue weighted by Gasteiger charge is 2.52. The van der Waals surface area contributed by atoms with Crippen LogP contribution in [0.4, 0.5) is 0 Å². The summed E-state index contributed by atoms with van der Waals surface area (Å²) in [6, 6.07) is 0. The highest BCUT2D eigenvalue weighted by Crippen LogP contribution is 2.28. The van der Waals surface area contributed by atoms with Gasteiger partial charge >= 0.3 is 35.8 Å². The lowest BCUT2D eigenvalue weighted by atomic mass is 9.97. The molecule has 0 aromatic heterocycles. The molecule has 36 heavy (non-hydrogen) atoms. The van der Waals surface area contributed by atoms with Gasteiger partial charge in [-0.15, -0.1) is 0 Å². The van der Waals surface area contributed by atoms with Crippen LogP contribution in [-0.4, -0.2) is 86.3 Å². The van der Waals surface area contributed by atoms with Gasteiger partial charge in [-0.1, -0.05) is 0 Å². The number of rotatable bonds is 11. The van der Waals surface area contributed by atoms with Gasteiger partial charge < -0.3 is 38.5 Å². The molecule has 202 valence electrons. The van der Waals surface area contributed by atoms with Gasteiger partial charge in [-0.25, -0.2) is 9.59 Å². The zero-order valence-electron chi connectivity index (χ0n) is 20.9. The number of nitrogens with one attached hydrogen (secondary N) is 1. The predicted octanol–water partition coefficient (Wildman–Crippen LogP) is -0.331. The highest BCUT2D eigenvalue weighted by atomic mass is 16.7. The van der Waals surface area contributed by atoms with Crippen molar-refractivity contribution >= 4 is 35.8 Å². The molecule has 0 radical (unpaired) electrons. The van der Waals surface area contributed by atoms with Gasteiger partial charge in [0.05, 0.1) is 13.2 Å². The summed E-state index contributed by atoms with van der Waals surface area (Å²) in [5.41, 5.74) is -0.536. The van der Waals surface area contributed by atoms with Gasteiger partial charge in [-0.2, -0.15) is 0 Å². The van der Waals surface area contributed by atoms with Crippen LogP contribution in [0.15, 0.2) is 11.8 Å². The second-order valence-corrected chi connectivity index (χ2v) is 7.29. The van der Waals surface area contributed by atoms with E-state index in [0.29, 0.717) is 0 Å². The highest BCUT2D eigenvalue weighted by molar-refractivity contribution is 6.13. The van der Waals surface area contributed by atoms with E-state index < -0.39 is 78.6 Å². The summed E-state index contributed by atoms with van der Waals surface area (Å²) in [5, 5.41) is 2.62. The van der Waals surface area contributed by atoms with Gasteiger partial charge in [0.2, 0.25) is 0 Å². The lowest BCUT2D eigenvalue weighted by molar-refractivity contribution is -0.255. The quantitative estimate of drug-likeness (QED) is 0.124. The molecule has 0 saturated carbocycles. The standard InChI is InChI=1S/C22H31NO13/c1-7-30-21(28)15(22(29)31-8-2)9-23-20-19(35-14(6)27)18(34-13(5)26)17(33-12(4)25)16(36-20)10-32-11(3)24/h9,16-20,23H,7-8,10H2,1-6H3/t16-,17-,18+,19+,20-/m1/s1. The third-order valence-corrected chi connectivity index (χ3v) is 4.37. The fraction of sp³-hybridized carbons (Fsp3) is 0.636. The van der Waals surface area contributed by atoms with Gasteiger partial charge in [0.1, 0.15) is 12.7 Å². The summed E-state index contributed by atoms with van der Waals surface area (Å²) in [6.07, 6.45) is -5.89. The molecular formula is C22H31NO13. The van der Waals surface area contributed by atoms with Crippen LogP contribution in [0.2, 0.25) is 0 Å². The fourth-order valence-corrected chi connectivity index (χ4v) is 3.15. The first kappa shape index (κ1) is 30.4. The Balaban J connectivity index is 3.49. The van der Waals surface area contributed by atoms with Crippen molar-refractivity contribution in [1.82, 2.24) is 5.32 Å². The van der Waals surface area contributed by atoms with E-state index in [4.69, 9.17) is 33.2 Å². The Labute approximate surface area is 207 Å². The van der Waals surface area contributed by atoms with Crippen LogP contribution in [0.25, 0.3) is 0 Å². The monoisotopic (exact) mass is 517 g/mol. The summed E-state index contributed by atoms with van der Waals surface area (Å²) in [6.45, 7) is 6.94. The van der Waals surface area contributed by atoms with Crippen LogP contribution in [0.1, 0.15) is 41.5 Å². The zero-order valence-corrected chi connectivity index (χ0v) is 20.9. The molecule has 0 bridgehead atoms. The van der Waals surface area contributed by atoms with E-state index in [1.807, 2.05) is 0 Å². The number of carbonyl (C=O) groups excluding carboxylic acids is 6. The molecule has 0 aliphatic carbocycles. The first-order valence-corrected chi connectivity index (χ1v) is 11.0. The Hall–Kier alpha value is -3.68. The van der Waals surface area contributed by atoms with Crippen molar-refractivity contribution in [1.29, 1.82) is 0 Å². The Morgan fingerprint density at radius 1 is 0.694 bits per heavy atom. The van der Waals surface area contributed by atoms with E-state index in [1.165, 1.54) is 13.8 Å². The summed E-state index contributed by atoms with van der Waals surface area (Å²) in [7, 11) is 0. The van der Waals surface area contributed by atoms with Crippen molar-refractivity contribution in [3.8, 4) is 0 Å². The van der Waals surface area contributed by atoms with Crippen molar-refractivity contribution < 1.29 is 61.9 Å². The fourth-order valence-electron chi connectivity index (χ4n) is 3.15. The van der Waals surface area contributed by atoms with Crippen molar-refractivity contribution in [2.24, 2.45) is 0 Å². The van der Waals surface area contributed by atoms with Crippen LogP contribution in [0.3, 0.4) is 0 Å². The normalized spacial score (nSPS) is 22.8. The molecule has 1 heterocycles. The summed E-state index contributed by atoms with van der Waals surface area (Å²) in [5.74, 6) is -5.10. The average Bonchev–Trinajstić information content (AvgIpc) is 2.75. The minimum absolute atomic E-state index is 0.0331. The van der Waals surface area contributed by atoms with Crippen LogP contribution in [-0.2, 0) is 61.9 Å². The van der Waals surface area contributed by atoms with E-state index in [-0.39, 0.29) is 13.2 Å². The number of esters is 6. The van der Waals surface area contributed by atoms with Crippen molar-refractivity contribution in [2.45, 2.75) is 72.2 Å². The van der Waals surface area contributed by atoms with Crippen molar-refractivity contribution in [3.63, 3.8) is 0 Å². The average molecular weight is 517 g/mol. The molecule has 1 rings (SSSR count). The molecule has 0 spiro atoms. The molecular weight excluding hydrogens is 486 g/mol. The molecule has 1 aliphatic heterocycles. The van der Waals surface area contributed by atoms with E-state index in [1.54, 1.807) is 0 Å². The number of ether oxygens (including phenoxy) is 7. The van der Waals surface area contributed by atoms with Gasteiger partial charge in [-0.3, -0.25) is 19.2 Å². The van der Waals surface area contributed by atoms with E-state index in [2.05, 4.69) is 5.32 Å². The topological polar surface area (TPSA) is 179 Å². The Morgan fingerprint density at radius 3 is 1.61 bits per heavy atom. The number of carbonyl (C=O) groups is 6. The van der Waals surface area contributed by atoms with E-state index in [0.717, 1.165) is 33.9 Å². The lowest BCUT2D eigenvalue weighted by Crippen LogP contribution is -2.65. The molecule has 0 aromatic carbocycles. The summed E-state index contributed by atoms with van der Waals surface area (Å²) in [4.78, 5) is 71.4. The Morgan fingerprint density at radius 2 is 1.17 bits per heavy atom. The number of hydrogen-bond donors (Lipinski definition) is 1. The second-order valence-electron chi connectivity index (χ2n) is 7.29. The molecule has 0 aromatic rings. The van der Waals surface area contributed by atoms with Gasteiger partial charge in [0.25, 0.3) is 0 Å². The molecule has 1 fully saturated rings. The lowest BCUT2D eigenvalue weighted by Gasteiger charge is -2.44. The summed E-state index contributed by atoms with van der Waals surface area (Å²) < 4.78 is 36.4. The SMILES string of the molecule is CCOC(=O)C(=CN[C@@H]1O[C@H](COC(C)=O)[C@@H](OC(C)=O)[C@H](OC(C)=O)[C@@H]1OC(C)=O)C(=O)OCC. The largest absolute Gasteiger partial charge is 0.463 e. The minimum atomic E-state index is -1.44. The van der Waals surface area contributed by atoms with Crippen LogP contribution >= 0.6 is 0 Å². The molecule has 14 nitrogen and oxygen atoms in total. The van der Waals surface area contributed by atoms with Crippen molar-refractivity contribution in [3.05, 3.63) is 11.8 Å². The van der Waals surface area contributed by atoms with Gasteiger partial charge in [-0.05, 0) is 13.8 Å². The van der Waals surface area contributed by atoms with Gasteiger partial charge in [0.15, 0.2) is 30.1 Å². The first-order valence-electron chi connectivity index (χ1n) is 11.0. The minimum Gasteiger partial charge on any atom is -0.463 e. The van der Waals surface area contributed by atoms with E-state index in [9.17, 15) is 28.8 Å².